The number of alkyl halides is 2. The lowest BCUT2D eigenvalue weighted by atomic mass is 9.96. The van der Waals surface area contributed by atoms with Gasteiger partial charge in [0.15, 0.2) is 11.5 Å². The molecule has 1 aliphatic heterocycles. The maximum atomic E-state index is 14.4. The van der Waals surface area contributed by atoms with Gasteiger partial charge in [0, 0.05) is 30.1 Å². The topological polar surface area (TPSA) is 103 Å². The van der Waals surface area contributed by atoms with Gasteiger partial charge >= 0.3 is 0 Å². The molecule has 1 aromatic carbocycles. The molecule has 5 rings (SSSR count). The zero-order valence-corrected chi connectivity index (χ0v) is 20.7. The molecule has 0 bridgehead atoms. The summed E-state index contributed by atoms with van der Waals surface area (Å²) in [5, 5.41) is 7.76. The first-order valence-corrected chi connectivity index (χ1v) is 11.8. The van der Waals surface area contributed by atoms with Gasteiger partial charge in [0.05, 0.1) is 19.1 Å². The minimum Gasteiger partial charge on any atom is -0.324 e. The summed E-state index contributed by atoms with van der Waals surface area (Å²) in [5.74, 6) is -2.43. The summed E-state index contributed by atoms with van der Waals surface area (Å²) in [6.07, 6.45) is 2.98. The van der Waals surface area contributed by atoms with E-state index in [1.165, 1.54) is 38.4 Å². The zero-order chi connectivity index (χ0) is 26.5. The second kappa shape index (κ2) is 9.04. The Bertz CT molecular complexity index is 1640. The van der Waals surface area contributed by atoms with Crippen LogP contribution in [0.3, 0.4) is 0 Å². The maximum absolute atomic E-state index is 14.4. The molecular formula is C25H26F2N8O2. The van der Waals surface area contributed by atoms with E-state index in [4.69, 9.17) is 0 Å². The number of hydrogen-bond acceptors (Lipinski definition) is 7. The second-order valence-corrected chi connectivity index (χ2v) is 9.36. The first-order chi connectivity index (χ1) is 17.6. The number of hydrogen-bond donors (Lipinski definition) is 1. The van der Waals surface area contributed by atoms with Crippen molar-refractivity contribution in [2.75, 3.05) is 18.9 Å². The third-order valence-electron chi connectivity index (χ3n) is 6.16. The highest BCUT2D eigenvalue weighted by atomic mass is 19.3. The number of aromatic nitrogens is 6. The molecule has 4 heterocycles. The molecule has 192 valence electrons. The van der Waals surface area contributed by atoms with Crippen LogP contribution in [0.25, 0.3) is 16.9 Å². The van der Waals surface area contributed by atoms with E-state index in [0.29, 0.717) is 23.6 Å². The normalized spacial score (nSPS) is 15.2. The van der Waals surface area contributed by atoms with Gasteiger partial charge in [0.1, 0.15) is 5.39 Å². The summed E-state index contributed by atoms with van der Waals surface area (Å²) in [6, 6.07) is 7.34. The molecule has 0 saturated carbocycles. The van der Waals surface area contributed by atoms with E-state index in [1.54, 1.807) is 30.2 Å². The molecule has 10 nitrogen and oxygen atoms in total. The van der Waals surface area contributed by atoms with Gasteiger partial charge in [-0.15, -0.1) is 11.7 Å². The summed E-state index contributed by atoms with van der Waals surface area (Å²) in [6.45, 7) is 7.63. The largest absolute Gasteiger partial charge is 0.324 e. The number of anilines is 2. The fraction of sp³-hybridized carbons (Fsp3) is 0.320. The van der Waals surface area contributed by atoms with Crippen molar-refractivity contribution in [2.24, 2.45) is 0 Å². The van der Waals surface area contributed by atoms with E-state index in [1.807, 2.05) is 13.8 Å². The van der Waals surface area contributed by atoms with Gasteiger partial charge in [0.25, 0.3) is 17.0 Å². The van der Waals surface area contributed by atoms with E-state index >= 15 is 0 Å². The van der Waals surface area contributed by atoms with Gasteiger partial charge < -0.3 is 5.32 Å². The molecule has 0 spiro atoms. The maximum Gasteiger partial charge on any atom is 0.285 e. The first-order valence-electron chi connectivity index (χ1n) is 11.8. The number of likely N-dealkylation sites (N-methyl/N-ethyl adjacent to an activating group) is 1. The number of nitrogens with one attached hydrogen (secondary N) is 1. The van der Waals surface area contributed by atoms with Crippen LogP contribution in [0.5, 0.6) is 0 Å². The van der Waals surface area contributed by atoms with Crippen LogP contribution < -0.4 is 16.4 Å². The van der Waals surface area contributed by atoms with Gasteiger partial charge in [0.2, 0.25) is 5.95 Å². The smallest absolute Gasteiger partial charge is 0.285 e. The van der Waals surface area contributed by atoms with Crippen molar-refractivity contribution in [3.05, 3.63) is 81.0 Å². The fourth-order valence-corrected chi connectivity index (χ4v) is 4.57. The van der Waals surface area contributed by atoms with Gasteiger partial charge in [-0.25, -0.2) is 19.0 Å². The quantitative estimate of drug-likeness (QED) is 0.399. The monoisotopic (exact) mass is 508 g/mol. The molecule has 0 amide bonds. The molecule has 4 aromatic rings. The van der Waals surface area contributed by atoms with Crippen LogP contribution in [0.2, 0.25) is 0 Å². The van der Waals surface area contributed by atoms with Crippen LogP contribution >= 0.6 is 0 Å². The first kappa shape index (κ1) is 24.5. The molecule has 37 heavy (non-hydrogen) atoms. The highest BCUT2D eigenvalue weighted by Gasteiger charge is 2.39. The van der Waals surface area contributed by atoms with Gasteiger partial charge in [-0.05, 0) is 44.7 Å². The standard InChI is InChI=1S/C25H26F2N8O2/c1-5-10-33-23(37)18-12-28-24(29-17-6-7-19-16(11-17)13-32(4)14-25(19,26)27)30-22(18)35(33)20-8-9-21(36)34(31-20)15(2)3/h5-9,11-12,15H,1,10,13-14H2,2-4H3,(H,28,29,30). The van der Waals surface area contributed by atoms with Crippen LogP contribution in [0, 0.1) is 0 Å². The molecule has 0 unspecified atom stereocenters. The van der Waals surface area contributed by atoms with Crippen molar-refractivity contribution >= 4 is 22.7 Å². The van der Waals surface area contributed by atoms with Crippen LogP contribution in [0.15, 0.2) is 58.8 Å². The van der Waals surface area contributed by atoms with Crippen molar-refractivity contribution in [3.8, 4) is 5.82 Å². The van der Waals surface area contributed by atoms with Crippen LogP contribution in [0.4, 0.5) is 20.4 Å². The summed E-state index contributed by atoms with van der Waals surface area (Å²) >= 11 is 0. The summed E-state index contributed by atoms with van der Waals surface area (Å²) in [7, 11) is 1.65. The van der Waals surface area contributed by atoms with E-state index in [0.717, 1.165) is 0 Å². The molecule has 0 aliphatic carbocycles. The van der Waals surface area contributed by atoms with Crippen LogP contribution in [-0.2, 0) is 19.0 Å². The fourth-order valence-electron chi connectivity index (χ4n) is 4.57. The van der Waals surface area contributed by atoms with E-state index in [2.05, 4.69) is 27.0 Å². The van der Waals surface area contributed by atoms with E-state index in [-0.39, 0.29) is 52.8 Å². The number of rotatable bonds is 6. The van der Waals surface area contributed by atoms with E-state index < -0.39 is 5.92 Å². The molecule has 1 N–H and O–H groups in total. The number of nitrogens with zero attached hydrogens (tertiary/aromatic N) is 7. The number of fused-ring (bicyclic) bond motifs is 2. The zero-order valence-electron chi connectivity index (χ0n) is 20.7. The highest BCUT2D eigenvalue weighted by Crippen LogP contribution is 2.37. The van der Waals surface area contributed by atoms with Gasteiger partial charge in [-0.1, -0.05) is 12.1 Å². The Labute approximate surface area is 210 Å². The minimum absolute atomic E-state index is 0.00853. The van der Waals surface area contributed by atoms with Gasteiger partial charge in [-0.3, -0.25) is 14.5 Å². The number of allylic oxidation sites excluding steroid dienone is 1. The number of halogens is 2. The lowest BCUT2D eigenvalue weighted by Gasteiger charge is -2.32. The van der Waals surface area contributed by atoms with E-state index in [9.17, 15) is 18.4 Å². The van der Waals surface area contributed by atoms with Crippen molar-refractivity contribution in [3.63, 3.8) is 0 Å². The Morgan fingerprint density at radius 2 is 2.00 bits per heavy atom. The molecule has 3 aromatic heterocycles. The Kier molecular flexibility index (Phi) is 5.98. The lowest BCUT2D eigenvalue weighted by molar-refractivity contribution is -0.0454. The molecular weight excluding hydrogens is 482 g/mol. The molecule has 0 radical (unpaired) electrons. The Balaban J connectivity index is 1.61. The Hall–Kier alpha value is -4.19. The third-order valence-corrected chi connectivity index (χ3v) is 6.16. The highest BCUT2D eigenvalue weighted by molar-refractivity contribution is 5.77. The summed E-state index contributed by atoms with van der Waals surface area (Å²) < 4.78 is 33.1. The minimum atomic E-state index is -2.93. The summed E-state index contributed by atoms with van der Waals surface area (Å²) in [4.78, 5) is 35.8. The Morgan fingerprint density at radius 1 is 1.22 bits per heavy atom. The molecule has 12 heteroatoms. The second-order valence-electron chi connectivity index (χ2n) is 9.36. The van der Waals surface area contributed by atoms with Crippen molar-refractivity contribution in [2.45, 2.75) is 38.9 Å². The SMILES string of the molecule is C=CCn1c(=O)c2cnc(Nc3ccc4c(c3)CN(C)CC4(F)F)nc2n1-c1ccc(=O)n(C(C)C)n1. The predicted molar refractivity (Wildman–Crippen MR) is 136 cm³/mol. The Morgan fingerprint density at radius 3 is 2.73 bits per heavy atom. The van der Waals surface area contributed by atoms with Crippen molar-refractivity contribution in [1.82, 2.24) is 34.0 Å². The lowest BCUT2D eigenvalue weighted by Crippen LogP contribution is -2.38. The third kappa shape index (κ3) is 4.33. The average Bonchev–Trinajstić information content (AvgIpc) is 3.09. The van der Waals surface area contributed by atoms with Crippen LogP contribution in [0.1, 0.15) is 31.0 Å². The number of benzene rings is 1. The molecule has 0 atom stereocenters. The van der Waals surface area contributed by atoms with Gasteiger partial charge in [-0.2, -0.15) is 13.8 Å². The van der Waals surface area contributed by atoms with Crippen LogP contribution in [-0.4, -0.2) is 47.6 Å². The average molecular weight is 509 g/mol. The molecule has 0 fully saturated rings. The van der Waals surface area contributed by atoms with Crippen molar-refractivity contribution < 1.29 is 8.78 Å². The summed E-state index contributed by atoms with van der Waals surface area (Å²) in [5.41, 5.74) is 0.719. The van der Waals surface area contributed by atoms with Crippen molar-refractivity contribution in [1.29, 1.82) is 0 Å². The predicted octanol–water partition coefficient (Wildman–Crippen LogP) is 3.19. The molecule has 1 aliphatic rings. The molecule has 0 saturated heterocycles.